The maximum Gasteiger partial charge on any atom is 0.0984 e. The Hall–Kier alpha value is -2.04. The van der Waals surface area contributed by atoms with Gasteiger partial charge in [0.2, 0.25) is 0 Å². The van der Waals surface area contributed by atoms with Crippen molar-refractivity contribution >= 4 is 42.9 Å². The summed E-state index contributed by atoms with van der Waals surface area (Å²) in [7, 11) is 0. The van der Waals surface area contributed by atoms with E-state index < -0.39 is 0 Å². The fourth-order valence-corrected chi connectivity index (χ4v) is 3.46. The highest BCUT2D eigenvalue weighted by Crippen LogP contribution is 2.36. The molecule has 0 fully saturated rings. The summed E-state index contributed by atoms with van der Waals surface area (Å²) in [5.41, 5.74) is 5.60. The second-order valence-corrected chi connectivity index (χ2v) is 7.17. The van der Waals surface area contributed by atoms with Crippen LogP contribution in [0.1, 0.15) is 0 Å². The van der Waals surface area contributed by atoms with Gasteiger partial charge in [0, 0.05) is 20.1 Å². The molecular weight excluding hydrogens is 428 g/mol. The van der Waals surface area contributed by atoms with Crippen molar-refractivity contribution in [2.24, 2.45) is 0 Å². The van der Waals surface area contributed by atoms with Crippen LogP contribution >= 0.6 is 31.9 Å². The number of para-hydroxylation sites is 2. The summed E-state index contributed by atoms with van der Waals surface area (Å²) >= 11 is 7.20. The van der Waals surface area contributed by atoms with Crippen molar-refractivity contribution in [3.05, 3.63) is 81.7 Å². The lowest BCUT2D eigenvalue weighted by molar-refractivity contribution is 1.29. The third-order valence-electron chi connectivity index (χ3n) is 3.80. The maximum absolute atomic E-state index is 4.91. The van der Waals surface area contributed by atoms with Crippen molar-refractivity contribution in [3.8, 4) is 22.5 Å². The Balaban J connectivity index is 2.07. The van der Waals surface area contributed by atoms with Gasteiger partial charge in [-0.1, -0.05) is 74.3 Å². The summed E-state index contributed by atoms with van der Waals surface area (Å²) in [6.45, 7) is 0. The van der Waals surface area contributed by atoms with Gasteiger partial charge in [0.1, 0.15) is 0 Å². The van der Waals surface area contributed by atoms with E-state index in [0.717, 1.165) is 42.5 Å². The van der Waals surface area contributed by atoms with E-state index in [1.165, 1.54) is 0 Å². The van der Waals surface area contributed by atoms with Crippen molar-refractivity contribution in [2.75, 3.05) is 0 Å². The second kappa shape index (κ2) is 6.46. The highest BCUT2D eigenvalue weighted by molar-refractivity contribution is 9.11. The topological polar surface area (TPSA) is 25.8 Å². The van der Waals surface area contributed by atoms with Gasteiger partial charge in [-0.3, -0.25) is 0 Å². The lowest BCUT2D eigenvalue weighted by Crippen LogP contribution is -1.96. The fraction of sp³-hybridized carbons (Fsp3) is 0. The molecule has 0 aliphatic carbocycles. The first-order chi connectivity index (χ1) is 11.7. The SMILES string of the molecule is Brc1ccc(Br)c(-c2nc3ccccc3nc2-c2ccccc2)c1. The molecule has 3 aromatic carbocycles. The van der Waals surface area contributed by atoms with Gasteiger partial charge in [-0.25, -0.2) is 9.97 Å². The van der Waals surface area contributed by atoms with E-state index >= 15 is 0 Å². The molecule has 0 saturated carbocycles. The summed E-state index contributed by atoms with van der Waals surface area (Å²) in [6, 6.07) is 24.2. The molecule has 4 aromatic rings. The molecule has 1 aromatic heterocycles. The minimum atomic E-state index is 0.869. The first-order valence-electron chi connectivity index (χ1n) is 7.50. The third kappa shape index (κ3) is 2.87. The molecule has 0 N–H and O–H groups in total. The minimum absolute atomic E-state index is 0.869. The van der Waals surface area contributed by atoms with Crippen molar-refractivity contribution in [2.45, 2.75) is 0 Å². The Morgan fingerprint density at radius 2 is 1.25 bits per heavy atom. The standard InChI is InChI=1S/C20H12Br2N2/c21-14-10-11-16(22)15(12-14)20-19(13-6-2-1-3-7-13)23-17-8-4-5-9-18(17)24-20/h1-12H. The Labute approximate surface area is 156 Å². The fourth-order valence-electron chi connectivity index (χ4n) is 2.66. The largest absolute Gasteiger partial charge is 0.244 e. The Bertz CT molecular complexity index is 1030. The van der Waals surface area contributed by atoms with Gasteiger partial charge >= 0.3 is 0 Å². The number of halogens is 2. The quantitative estimate of drug-likeness (QED) is 0.356. The number of rotatable bonds is 2. The maximum atomic E-state index is 4.91. The highest BCUT2D eigenvalue weighted by Gasteiger charge is 2.15. The van der Waals surface area contributed by atoms with E-state index in [1.807, 2.05) is 54.6 Å². The van der Waals surface area contributed by atoms with Gasteiger partial charge in [-0.15, -0.1) is 0 Å². The highest BCUT2D eigenvalue weighted by atomic mass is 79.9. The Morgan fingerprint density at radius 1 is 0.625 bits per heavy atom. The van der Waals surface area contributed by atoms with Crippen LogP contribution in [0.5, 0.6) is 0 Å². The first kappa shape index (κ1) is 15.5. The molecule has 0 radical (unpaired) electrons. The van der Waals surface area contributed by atoms with Crippen LogP contribution < -0.4 is 0 Å². The molecule has 0 aliphatic heterocycles. The molecule has 24 heavy (non-hydrogen) atoms. The smallest absolute Gasteiger partial charge is 0.0984 e. The van der Waals surface area contributed by atoms with Crippen molar-refractivity contribution in [1.29, 1.82) is 0 Å². The zero-order valence-electron chi connectivity index (χ0n) is 12.6. The van der Waals surface area contributed by atoms with Crippen LogP contribution in [0, 0.1) is 0 Å². The Kier molecular flexibility index (Phi) is 4.17. The molecule has 0 atom stereocenters. The predicted molar refractivity (Wildman–Crippen MR) is 106 cm³/mol. The predicted octanol–water partition coefficient (Wildman–Crippen LogP) is 6.49. The zero-order valence-corrected chi connectivity index (χ0v) is 15.8. The molecule has 1 heterocycles. The van der Waals surface area contributed by atoms with E-state index in [0.29, 0.717) is 0 Å². The van der Waals surface area contributed by atoms with Crippen LogP contribution in [0.25, 0.3) is 33.5 Å². The molecule has 2 nitrogen and oxygen atoms in total. The Morgan fingerprint density at radius 3 is 1.96 bits per heavy atom. The van der Waals surface area contributed by atoms with E-state index in [4.69, 9.17) is 9.97 Å². The molecule has 116 valence electrons. The number of nitrogens with zero attached hydrogens (tertiary/aromatic N) is 2. The van der Waals surface area contributed by atoms with Gasteiger partial charge in [0.15, 0.2) is 0 Å². The number of fused-ring (bicyclic) bond motifs is 1. The summed E-state index contributed by atoms with van der Waals surface area (Å²) < 4.78 is 2.00. The molecular formula is C20H12Br2N2. The second-order valence-electron chi connectivity index (χ2n) is 5.40. The van der Waals surface area contributed by atoms with E-state index in [2.05, 4.69) is 50.1 Å². The van der Waals surface area contributed by atoms with Crippen LogP contribution in [0.4, 0.5) is 0 Å². The third-order valence-corrected chi connectivity index (χ3v) is 4.99. The number of hydrogen-bond donors (Lipinski definition) is 0. The number of benzene rings is 3. The van der Waals surface area contributed by atoms with Crippen LogP contribution in [0.3, 0.4) is 0 Å². The lowest BCUT2D eigenvalue weighted by atomic mass is 10.0. The van der Waals surface area contributed by atoms with Crippen molar-refractivity contribution in [1.82, 2.24) is 9.97 Å². The summed E-state index contributed by atoms with van der Waals surface area (Å²) in [4.78, 5) is 9.80. The molecule has 0 bridgehead atoms. The molecule has 0 aliphatic rings. The molecule has 0 saturated heterocycles. The summed E-state index contributed by atoms with van der Waals surface area (Å²) in [5, 5.41) is 0. The molecule has 4 heteroatoms. The monoisotopic (exact) mass is 438 g/mol. The zero-order chi connectivity index (χ0) is 16.5. The molecule has 0 amide bonds. The molecule has 4 rings (SSSR count). The van der Waals surface area contributed by atoms with E-state index in [-0.39, 0.29) is 0 Å². The lowest BCUT2D eigenvalue weighted by Gasteiger charge is -2.12. The van der Waals surface area contributed by atoms with Crippen molar-refractivity contribution in [3.63, 3.8) is 0 Å². The van der Waals surface area contributed by atoms with Crippen LogP contribution in [-0.2, 0) is 0 Å². The average molecular weight is 440 g/mol. The van der Waals surface area contributed by atoms with Gasteiger partial charge in [-0.05, 0) is 30.3 Å². The first-order valence-corrected chi connectivity index (χ1v) is 9.08. The van der Waals surface area contributed by atoms with E-state index in [9.17, 15) is 0 Å². The van der Waals surface area contributed by atoms with Crippen LogP contribution in [-0.4, -0.2) is 9.97 Å². The van der Waals surface area contributed by atoms with Gasteiger partial charge in [0.25, 0.3) is 0 Å². The van der Waals surface area contributed by atoms with Gasteiger partial charge < -0.3 is 0 Å². The van der Waals surface area contributed by atoms with E-state index in [1.54, 1.807) is 0 Å². The minimum Gasteiger partial charge on any atom is -0.244 e. The number of aromatic nitrogens is 2. The number of hydrogen-bond acceptors (Lipinski definition) is 2. The van der Waals surface area contributed by atoms with Gasteiger partial charge in [-0.2, -0.15) is 0 Å². The molecule has 0 unspecified atom stereocenters. The average Bonchev–Trinajstić information content (AvgIpc) is 2.63. The summed E-state index contributed by atoms with van der Waals surface area (Å²) in [6.07, 6.45) is 0. The summed E-state index contributed by atoms with van der Waals surface area (Å²) in [5.74, 6) is 0. The normalized spacial score (nSPS) is 10.9. The van der Waals surface area contributed by atoms with Gasteiger partial charge in [0.05, 0.1) is 22.4 Å². The van der Waals surface area contributed by atoms with Crippen LogP contribution in [0.2, 0.25) is 0 Å². The van der Waals surface area contributed by atoms with Crippen LogP contribution in [0.15, 0.2) is 81.7 Å². The van der Waals surface area contributed by atoms with Crippen molar-refractivity contribution < 1.29 is 0 Å². The molecule has 0 spiro atoms.